The third kappa shape index (κ3) is 3.62. The summed E-state index contributed by atoms with van der Waals surface area (Å²) >= 11 is 5.91. The Morgan fingerprint density at radius 3 is 2.85 bits per heavy atom. The molecule has 0 bridgehead atoms. The summed E-state index contributed by atoms with van der Waals surface area (Å²) in [6.07, 6.45) is 0.520. The summed E-state index contributed by atoms with van der Waals surface area (Å²) in [5.41, 5.74) is 7.06. The summed E-state index contributed by atoms with van der Waals surface area (Å²) < 4.78 is 4.62. The van der Waals surface area contributed by atoms with Gasteiger partial charge in [-0.05, 0) is 24.1 Å². The van der Waals surface area contributed by atoms with Gasteiger partial charge in [0.15, 0.2) is 0 Å². The molecule has 5 nitrogen and oxygen atoms in total. The van der Waals surface area contributed by atoms with Crippen molar-refractivity contribution in [2.75, 3.05) is 26.7 Å². The third-order valence-electron chi connectivity index (χ3n) is 3.65. The molecule has 1 amide bonds. The van der Waals surface area contributed by atoms with Crippen LogP contribution in [0, 0.1) is 0 Å². The number of nitrogens with one attached hydrogen (secondary N) is 1. The van der Waals surface area contributed by atoms with Gasteiger partial charge in [0, 0.05) is 36.7 Å². The number of nitrogens with zero attached hydrogens (tertiary/aromatic N) is 1. The predicted octanol–water partition coefficient (Wildman–Crippen LogP) is 1.77. The van der Waals surface area contributed by atoms with Crippen molar-refractivity contribution in [1.29, 1.82) is 0 Å². The number of methoxy groups -OCH3 is 1. The van der Waals surface area contributed by atoms with Gasteiger partial charge in [0.05, 0.1) is 7.11 Å². The highest BCUT2D eigenvalue weighted by atomic mass is 35.5. The molecule has 2 rings (SSSR count). The maximum absolute atomic E-state index is 11.2. The molecule has 1 aliphatic heterocycles. The number of likely N-dealkylation sites (tertiary alicyclic amines) is 1. The lowest BCUT2D eigenvalue weighted by Gasteiger charge is -2.27. The van der Waals surface area contributed by atoms with E-state index < -0.39 is 0 Å². The monoisotopic (exact) mass is 297 g/mol. The summed E-state index contributed by atoms with van der Waals surface area (Å²) in [7, 11) is 1.37. The fraction of sp³-hybridized carbons (Fsp3) is 0.500. The van der Waals surface area contributed by atoms with Crippen LogP contribution >= 0.6 is 11.6 Å². The van der Waals surface area contributed by atoms with E-state index >= 15 is 0 Å². The van der Waals surface area contributed by atoms with Crippen molar-refractivity contribution in [2.24, 2.45) is 5.73 Å². The van der Waals surface area contributed by atoms with Crippen LogP contribution in [0.15, 0.2) is 24.3 Å². The van der Waals surface area contributed by atoms with Gasteiger partial charge in [-0.15, -0.1) is 0 Å². The van der Waals surface area contributed by atoms with Crippen molar-refractivity contribution in [1.82, 2.24) is 10.2 Å². The molecule has 1 aromatic carbocycles. The lowest BCUT2D eigenvalue weighted by Crippen LogP contribution is -2.39. The number of hydrogen-bond acceptors (Lipinski definition) is 4. The van der Waals surface area contributed by atoms with Crippen LogP contribution in [0.3, 0.4) is 0 Å². The standard InChI is InChI=1S/C14H20ClN3O2/c1-20-14(19)17-12-6-7-18(9-12)13(8-16)10-2-4-11(15)5-3-10/h2-5,12-13H,6-9,16H2,1H3,(H,17,19). The number of rotatable bonds is 4. The molecule has 0 aliphatic carbocycles. The van der Waals surface area contributed by atoms with Gasteiger partial charge in [-0.2, -0.15) is 0 Å². The SMILES string of the molecule is COC(=O)NC1CCN(C(CN)c2ccc(Cl)cc2)C1. The van der Waals surface area contributed by atoms with Crippen LogP contribution in [0.4, 0.5) is 4.79 Å². The van der Waals surface area contributed by atoms with Crippen molar-refractivity contribution < 1.29 is 9.53 Å². The number of nitrogens with two attached hydrogens (primary N) is 1. The first kappa shape index (κ1) is 15.1. The van der Waals surface area contributed by atoms with Gasteiger partial charge in [-0.1, -0.05) is 23.7 Å². The van der Waals surface area contributed by atoms with E-state index in [1.807, 2.05) is 24.3 Å². The van der Waals surface area contributed by atoms with Gasteiger partial charge >= 0.3 is 6.09 Å². The first-order valence-electron chi connectivity index (χ1n) is 6.68. The van der Waals surface area contributed by atoms with E-state index in [-0.39, 0.29) is 18.2 Å². The molecule has 20 heavy (non-hydrogen) atoms. The van der Waals surface area contributed by atoms with E-state index in [4.69, 9.17) is 17.3 Å². The van der Waals surface area contributed by atoms with Crippen molar-refractivity contribution >= 4 is 17.7 Å². The quantitative estimate of drug-likeness (QED) is 0.889. The second kappa shape index (κ2) is 6.92. The number of benzene rings is 1. The Labute approximate surface area is 124 Å². The van der Waals surface area contributed by atoms with Crippen LogP contribution in [0.5, 0.6) is 0 Å². The molecule has 6 heteroatoms. The maximum Gasteiger partial charge on any atom is 0.407 e. The lowest BCUT2D eigenvalue weighted by molar-refractivity contribution is 0.165. The van der Waals surface area contributed by atoms with E-state index in [0.29, 0.717) is 6.54 Å². The van der Waals surface area contributed by atoms with Gasteiger partial charge in [0.1, 0.15) is 0 Å². The molecule has 2 atom stereocenters. The molecule has 3 N–H and O–H groups in total. The second-order valence-corrected chi connectivity index (χ2v) is 5.36. The van der Waals surface area contributed by atoms with Gasteiger partial charge in [0.2, 0.25) is 0 Å². The molecule has 0 saturated carbocycles. The average Bonchev–Trinajstić information content (AvgIpc) is 2.90. The van der Waals surface area contributed by atoms with E-state index in [9.17, 15) is 4.79 Å². The van der Waals surface area contributed by atoms with Crippen LogP contribution in [-0.2, 0) is 4.74 Å². The van der Waals surface area contributed by atoms with E-state index in [1.54, 1.807) is 0 Å². The fourth-order valence-electron chi connectivity index (χ4n) is 2.59. The number of ether oxygens (including phenoxy) is 1. The van der Waals surface area contributed by atoms with Gasteiger partial charge in [-0.3, -0.25) is 4.90 Å². The summed E-state index contributed by atoms with van der Waals surface area (Å²) in [5.74, 6) is 0. The van der Waals surface area contributed by atoms with Gasteiger partial charge < -0.3 is 15.8 Å². The number of halogens is 1. The molecule has 1 aromatic rings. The summed E-state index contributed by atoms with van der Waals surface area (Å²) in [4.78, 5) is 13.5. The van der Waals surface area contributed by atoms with Crippen LogP contribution in [0.1, 0.15) is 18.0 Å². The van der Waals surface area contributed by atoms with Crippen LogP contribution in [-0.4, -0.2) is 43.8 Å². The first-order valence-corrected chi connectivity index (χ1v) is 7.06. The molecule has 0 spiro atoms. The Hall–Kier alpha value is -1.30. The predicted molar refractivity (Wildman–Crippen MR) is 78.8 cm³/mol. The van der Waals surface area contributed by atoms with Crippen molar-refractivity contribution in [2.45, 2.75) is 18.5 Å². The number of carbonyl (C=O) groups excluding carboxylic acids is 1. The molecular formula is C14H20ClN3O2. The smallest absolute Gasteiger partial charge is 0.407 e. The molecule has 110 valence electrons. The Balaban J connectivity index is 1.99. The zero-order chi connectivity index (χ0) is 14.5. The highest BCUT2D eigenvalue weighted by molar-refractivity contribution is 6.30. The highest BCUT2D eigenvalue weighted by Crippen LogP contribution is 2.25. The van der Waals surface area contributed by atoms with Gasteiger partial charge in [0.25, 0.3) is 0 Å². The van der Waals surface area contributed by atoms with Crippen LogP contribution in [0.25, 0.3) is 0 Å². The summed E-state index contributed by atoms with van der Waals surface area (Å²) in [6, 6.07) is 8.02. The Bertz CT molecular complexity index is 452. The second-order valence-electron chi connectivity index (χ2n) is 4.92. The molecule has 1 aliphatic rings. The molecule has 1 heterocycles. The maximum atomic E-state index is 11.2. The van der Waals surface area contributed by atoms with E-state index in [2.05, 4.69) is 15.0 Å². The minimum absolute atomic E-state index is 0.115. The third-order valence-corrected chi connectivity index (χ3v) is 3.90. The van der Waals surface area contributed by atoms with Gasteiger partial charge in [-0.25, -0.2) is 4.79 Å². The Morgan fingerprint density at radius 1 is 1.55 bits per heavy atom. The molecular weight excluding hydrogens is 278 g/mol. The number of carbonyl (C=O) groups is 1. The Morgan fingerprint density at radius 2 is 2.25 bits per heavy atom. The molecule has 1 fully saturated rings. The van der Waals surface area contributed by atoms with E-state index in [0.717, 1.165) is 30.1 Å². The largest absolute Gasteiger partial charge is 0.453 e. The number of amides is 1. The normalized spacial score (nSPS) is 20.6. The molecule has 0 aromatic heterocycles. The first-order chi connectivity index (χ1) is 9.63. The minimum Gasteiger partial charge on any atom is -0.453 e. The summed E-state index contributed by atoms with van der Waals surface area (Å²) in [6.45, 7) is 2.21. The summed E-state index contributed by atoms with van der Waals surface area (Å²) in [5, 5.41) is 3.55. The topological polar surface area (TPSA) is 67.6 Å². The van der Waals surface area contributed by atoms with Crippen LogP contribution < -0.4 is 11.1 Å². The molecule has 2 unspecified atom stereocenters. The number of hydrogen-bond donors (Lipinski definition) is 2. The van der Waals surface area contributed by atoms with Crippen molar-refractivity contribution in [3.05, 3.63) is 34.9 Å². The zero-order valence-electron chi connectivity index (χ0n) is 11.5. The molecule has 0 radical (unpaired) electrons. The number of alkyl carbamates (subject to hydrolysis) is 1. The fourth-order valence-corrected chi connectivity index (χ4v) is 2.72. The zero-order valence-corrected chi connectivity index (χ0v) is 12.3. The Kier molecular flexibility index (Phi) is 5.23. The van der Waals surface area contributed by atoms with Crippen LogP contribution in [0.2, 0.25) is 5.02 Å². The minimum atomic E-state index is -0.382. The highest BCUT2D eigenvalue weighted by Gasteiger charge is 2.29. The van der Waals surface area contributed by atoms with Crippen molar-refractivity contribution in [3.63, 3.8) is 0 Å². The van der Waals surface area contributed by atoms with E-state index in [1.165, 1.54) is 7.11 Å². The molecule has 1 saturated heterocycles. The average molecular weight is 298 g/mol. The lowest BCUT2D eigenvalue weighted by atomic mass is 10.1. The van der Waals surface area contributed by atoms with Crippen molar-refractivity contribution in [3.8, 4) is 0 Å².